The summed E-state index contributed by atoms with van der Waals surface area (Å²) in [7, 11) is 1.61. The zero-order valence-electron chi connectivity index (χ0n) is 11.5. The number of nitrogens with zero attached hydrogens (tertiary/aromatic N) is 1. The van der Waals surface area contributed by atoms with E-state index >= 15 is 0 Å². The molecule has 0 aliphatic carbocycles. The van der Waals surface area contributed by atoms with Crippen molar-refractivity contribution in [3.05, 3.63) is 24.2 Å². The summed E-state index contributed by atoms with van der Waals surface area (Å²) in [5.74, 6) is 0.618. The first-order valence-electron chi connectivity index (χ1n) is 6.33. The molecule has 1 aromatic rings. The fourth-order valence-corrected chi connectivity index (χ4v) is 1.74. The fourth-order valence-electron chi connectivity index (χ4n) is 1.74. The van der Waals surface area contributed by atoms with Gasteiger partial charge in [-0.25, -0.2) is 0 Å². The first-order valence-corrected chi connectivity index (χ1v) is 6.33. The van der Waals surface area contributed by atoms with Gasteiger partial charge >= 0.3 is 0 Å². The van der Waals surface area contributed by atoms with Crippen LogP contribution in [0.5, 0.6) is 0 Å². The third-order valence-corrected chi connectivity index (χ3v) is 2.91. The highest BCUT2D eigenvalue weighted by atomic mass is 16.5. The maximum absolute atomic E-state index is 12.0. The second-order valence-corrected chi connectivity index (χ2v) is 4.23. The van der Waals surface area contributed by atoms with E-state index in [2.05, 4.69) is 5.32 Å². The van der Waals surface area contributed by atoms with Crippen LogP contribution in [-0.2, 0) is 16.1 Å². The molecule has 108 valence electrons. The molecule has 2 N–H and O–H groups in total. The zero-order valence-corrected chi connectivity index (χ0v) is 11.5. The number of rotatable bonds is 9. The molecule has 0 aliphatic heterocycles. The summed E-state index contributed by atoms with van der Waals surface area (Å²) >= 11 is 0. The Morgan fingerprint density at radius 3 is 2.95 bits per heavy atom. The molecular weight excluding hydrogens is 248 g/mol. The second kappa shape index (κ2) is 8.68. The SMILES string of the molecule is COCCN(CCO)C(C)C(=O)NCc1ccco1. The van der Waals surface area contributed by atoms with E-state index in [1.54, 1.807) is 25.5 Å². The van der Waals surface area contributed by atoms with E-state index in [0.29, 0.717) is 32.0 Å². The van der Waals surface area contributed by atoms with Crippen molar-refractivity contribution in [2.75, 3.05) is 33.4 Å². The molecule has 0 bridgehead atoms. The van der Waals surface area contributed by atoms with E-state index in [9.17, 15) is 4.79 Å². The molecule has 0 radical (unpaired) electrons. The average molecular weight is 270 g/mol. The number of methoxy groups -OCH3 is 1. The van der Waals surface area contributed by atoms with Crippen LogP contribution in [0.25, 0.3) is 0 Å². The number of ether oxygens (including phenoxy) is 1. The van der Waals surface area contributed by atoms with Crippen molar-refractivity contribution in [3.63, 3.8) is 0 Å². The predicted octanol–water partition coefficient (Wildman–Crippen LogP) is 0.225. The van der Waals surface area contributed by atoms with Crippen LogP contribution in [0.15, 0.2) is 22.8 Å². The number of nitrogens with one attached hydrogen (secondary N) is 1. The van der Waals surface area contributed by atoms with Crippen LogP contribution in [0.4, 0.5) is 0 Å². The number of aliphatic hydroxyl groups excluding tert-OH is 1. The van der Waals surface area contributed by atoms with E-state index < -0.39 is 0 Å². The first kappa shape index (κ1) is 15.7. The van der Waals surface area contributed by atoms with Crippen molar-refractivity contribution in [3.8, 4) is 0 Å². The van der Waals surface area contributed by atoms with Gasteiger partial charge in [0.25, 0.3) is 0 Å². The molecule has 1 rings (SSSR count). The highest BCUT2D eigenvalue weighted by molar-refractivity contribution is 5.81. The summed E-state index contributed by atoms with van der Waals surface area (Å²) in [6, 6.07) is 3.26. The number of amides is 1. The third-order valence-electron chi connectivity index (χ3n) is 2.91. The summed E-state index contributed by atoms with van der Waals surface area (Å²) in [5.41, 5.74) is 0. The molecule has 1 unspecified atom stereocenters. The summed E-state index contributed by atoms with van der Waals surface area (Å²) in [5, 5.41) is 11.8. The molecule has 6 nitrogen and oxygen atoms in total. The molecular formula is C13H22N2O4. The molecule has 0 aliphatic rings. The largest absolute Gasteiger partial charge is 0.467 e. The Hall–Kier alpha value is -1.37. The number of carbonyl (C=O) groups excluding carboxylic acids is 1. The smallest absolute Gasteiger partial charge is 0.237 e. The molecule has 0 spiro atoms. The summed E-state index contributed by atoms with van der Waals surface area (Å²) in [4.78, 5) is 13.9. The van der Waals surface area contributed by atoms with Crippen LogP contribution >= 0.6 is 0 Å². The van der Waals surface area contributed by atoms with Crippen molar-refractivity contribution in [1.29, 1.82) is 0 Å². The first-order chi connectivity index (χ1) is 9.19. The molecule has 19 heavy (non-hydrogen) atoms. The molecule has 0 fully saturated rings. The lowest BCUT2D eigenvalue weighted by molar-refractivity contribution is -0.126. The van der Waals surface area contributed by atoms with Gasteiger partial charge in [-0.2, -0.15) is 0 Å². The summed E-state index contributed by atoms with van der Waals surface area (Å²) in [6.45, 7) is 3.76. The molecule has 6 heteroatoms. The summed E-state index contributed by atoms with van der Waals surface area (Å²) in [6.07, 6.45) is 1.57. The van der Waals surface area contributed by atoms with Gasteiger partial charge < -0.3 is 19.6 Å². The Bertz CT molecular complexity index is 354. The quantitative estimate of drug-likeness (QED) is 0.671. The lowest BCUT2D eigenvalue weighted by Crippen LogP contribution is -2.47. The molecule has 1 heterocycles. The molecule has 1 atom stereocenters. The van der Waals surface area contributed by atoms with E-state index in [4.69, 9.17) is 14.3 Å². The Balaban J connectivity index is 2.42. The maximum atomic E-state index is 12.0. The number of hydrogen-bond acceptors (Lipinski definition) is 5. The topological polar surface area (TPSA) is 74.9 Å². The Morgan fingerprint density at radius 1 is 1.58 bits per heavy atom. The Labute approximate surface area is 113 Å². The zero-order chi connectivity index (χ0) is 14.1. The van der Waals surface area contributed by atoms with Gasteiger partial charge in [0.1, 0.15) is 5.76 Å². The molecule has 0 saturated carbocycles. The number of carbonyl (C=O) groups is 1. The van der Waals surface area contributed by atoms with Crippen molar-refractivity contribution < 1.29 is 19.1 Å². The van der Waals surface area contributed by atoms with Crippen molar-refractivity contribution >= 4 is 5.91 Å². The summed E-state index contributed by atoms with van der Waals surface area (Å²) < 4.78 is 10.1. The second-order valence-electron chi connectivity index (χ2n) is 4.23. The average Bonchev–Trinajstić information content (AvgIpc) is 2.93. The van der Waals surface area contributed by atoms with Gasteiger partial charge in [0.2, 0.25) is 5.91 Å². The van der Waals surface area contributed by atoms with Gasteiger partial charge in [-0.05, 0) is 19.1 Å². The standard InChI is InChI=1S/C13H22N2O4/c1-11(15(5-7-16)6-9-18-2)13(17)14-10-12-4-3-8-19-12/h3-4,8,11,16H,5-7,9-10H2,1-2H3,(H,14,17). The molecule has 0 saturated heterocycles. The Kier molecular flexibility index (Phi) is 7.17. The van der Waals surface area contributed by atoms with Crippen LogP contribution in [0.1, 0.15) is 12.7 Å². The van der Waals surface area contributed by atoms with Gasteiger partial charge in [-0.3, -0.25) is 9.69 Å². The van der Waals surface area contributed by atoms with Crippen LogP contribution in [-0.4, -0.2) is 55.4 Å². The van der Waals surface area contributed by atoms with Crippen LogP contribution < -0.4 is 5.32 Å². The number of aliphatic hydroxyl groups is 1. The lowest BCUT2D eigenvalue weighted by Gasteiger charge is -2.27. The minimum atomic E-state index is -0.322. The van der Waals surface area contributed by atoms with Crippen molar-refractivity contribution in [2.24, 2.45) is 0 Å². The number of hydrogen-bond donors (Lipinski definition) is 2. The molecule has 0 aromatic carbocycles. The van der Waals surface area contributed by atoms with Crippen molar-refractivity contribution in [1.82, 2.24) is 10.2 Å². The van der Waals surface area contributed by atoms with E-state index in [0.717, 1.165) is 0 Å². The van der Waals surface area contributed by atoms with Crippen molar-refractivity contribution in [2.45, 2.75) is 19.5 Å². The highest BCUT2D eigenvalue weighted by Gasteiger charge is 2.20. The van der Waals surface area contributed by atoms with Crippen LogP contribution in [0.3, 0.4) is 0 Å². The van der Waals surface area contributed by atoms with Crippen LogP contribution in [0, 0.1) is 0 Å². The minimum absolute atomic E-state index is 0.0134. The predicted molar refractivity (Wildman–Crippen MR) is 70.6 cm³/mol. The minimum Gasteiger partial charge on any atom is -0.467 e. The van der Waals surface area contributed by atoms with Gasteiger partial charge in [0.05, 0.1) is 32.1 Å². The van der Waals surface area contributed by atoms with Gasteiger partial charge in [0.15, 0.2) is 0 Å². The highest BCUT2D eigenvalue weighted by Crippen LogP contribution is 2.02. The molecule has 1 aromatic heterocycles. The normalized spacial score (nSPS) is 12.6. The number of furan rings is 1. The van der Waals surface area contributed by atoms with Crippen LogP contribution in [0.2, 0.25) is 0 Å². The van der Waals surface area contributed by atoms with E-state index in [1.807, 2.05) is 11.8 Å². The monoisotopic (exact) mass is 270 g/mol. The van der Waals surface area contributed by atoms with Gasteiger partial charge in [-0.15, -0.1) is 0 Å². The molecule has 1 amide bonds. The van der Waals surface area contributed by atoms with Gasteiger partial charge in [0, 0.05) is 20.2 Å². The van der Waals surface area contributed by atoms with Gasteiger partial charge in [-0.1, -0.05) is 0 Å². The Morgan fingerprint density at radius 2 is 2.37 bits per heavy atom. The van der Waals surface area contributed by atoms with E-state index in [1.165, 1.54) is 0 Å². The fraction of sp³-hybridized carbons (Fsp3) is 0.615. The lowest BCUT2D eigenvalue weighted by atomic mass is 10.2. The maximum Gasteiger partial charge on any atom is 0.237 e. The third kappa shape index (κ3) is 5.42. The van der Waals surface area contributed by atoms with E-state index in [-0.39, 0.29) is 18.6 Å².